The Morgan fingerprint density at radius 1 is 1.78 bits per heavy atom. The van der Waals surface area contributed by atoms with Crippen molar-refractivity contribution >= 4 is 0 Å². The molecule has 2 aliphatic rings. The molecule has 0 aromatic heterocycles. The molecular formula is C7H9FO. The lowest BCUT2D eigenvalue weighted by atomic mass is 10.0. The molecule has 2 heteroatoms. The lowest BCUT2D eigenvalue weighted by Gasteiger charge is -2.16. The van der Waals surface area contributed by atoms with Crippen molar-refractivity contribution in [2.24, 2.45) is 5.92 Å². The molecule has 0 amide bonds. The van der Waals surface area contributed by atoms with Crippen LogP contribution in [0.5, 0.6) is 0 Å². The minimum atomic E-state index is -1.04. The quantitative estimate of drug-likeness (QED) is 0.522. The molecule has 1 saturated carbocycles. The minimum Gasteiger partial charge on any atom is -0.383 e. The van der Waals surface area contributed by atoms with Crippen LogP contribution in [0.25, 0.3) is 0 Å². The summed E-state index contributed by atoms with van der Waals surface area (Å²) in [6, 6.07) is 0. The molecule has 0 aliphatic heterocycles. The SMILES string of the molecule is OC12CCC(C=C1F)C2. The molecule has 0 spiro atoms. The van der Waals surface area contributed by atoms with Gasteiger partial charge in [0.05, 0.1) is 0 Å². The normalized spacial score (nSPS) is 47.8. The maximum absolute atomic E-state index is 12.6. The van der Waals surface area contributed by atoms with E-state index in [1.807, 2.05) is 0 Å². The third kappa shape index (κ3) is 0.568. The Bertz CT molecular complexity index is 176. The van der Waals surface area contributed by atoms with Crippen LogP contribution in [-0.2, 0) is 0 Å². The highest BCUT2D eigenvalue weighted by molar-refractivity contribution is 5.22. The van der Waals surface area contributed by atoms with Crippen LogP contribution in [0, 0.1) is 5.92 Å². The van der Waals surface area contributed by atoms with E-state index in [1.165, 1.54) is 0 Å². The largest absolute Gasteiger partial charge is 0.383 e. The molecule has 0 aromatic rings. The van der Waals surface area contributed by atoms with Gasteiger partial charge in [0.2, 0.25) is 0 Å². The summed E-state index contributed by atoms with van der Waals surface area (Å²) in [5.74, 6) is 0.0359. The topological polar surface area (TPSA) is 20.2 Å². The lowest BCUT2D eigenvalue weighted by molar-refractivity contribution is 0.0675. The average Bonchev–Trinajstić information content (AvgIpc) is 2.22. The van der Waals surface area contributed by atoms with Crippen molar-refractivity contribution in [1.82, 2.24) is 0 Å². The average molecular weight is 128 g/mol. The van der Waals surface area contributed by atoms with E-state index >= 15 is 0 Å². The Morgan fingerprint density at radius 2 is 2.56 bits per heavy atom. The van der Waals surface area contributed by atoms with Crippen molar-refractivity contribution in [3.05, 3.63) is 11.9 Å². The van der Waals surface area contributed by atoms with Crippen LogP contribution in [-0.4, -0.2) is 10.7 Å². The molecule has 2 unspecified atom stereocenters. The standard InChI is InChI=1S/C7H9FO/c8-6-3-5-1-2-7(6,9)4-5/h3,5,9H,1-2,4H2. The monoisotopic (exact) mass is 128 g/mol. The molecule has 0 aromatic carbocycles. The molecule has 0 heterocycles. The molecule has 2 bridgehead atoms. The summed E-state index contributed by atoms with van der Waals surface area (Å²) in [7, 11) is 0. The number of halogens is 1. The zero-order valence-electron chi connectivity index (χ0n) is 5.10. The van der Waals surface area contributed by atoms with Crippen LogP contribution in [0.1, 0.15) is 19.3 Å². The third-order valence-corrected chi connectivity index (χ3v) is 2.36. The number of hydrogen-bond donors (Lipinski definition) is 1. The van der Waals surface area contributed by atoms with E-state index in [9.17, 15) is 9.50 Å². The van der Waals surface area contributed by atoms with Gasteiger partial charge in [-0.05, 0) is 31.3 Å². The highest BCUT2D eigenvalue weighted by atomic mass is 19.1. The van der Waals surface area contributed by atoms with E-state index in [2.05, 4.69) is 0 Å². The van der Waals surface area contributed by atoms with Crippen LogP contribution in [0.2, 0.25) is 0 Å². The molecule has 1 nitrogen and oxygen atoms in total. The molecule has 50 valence electrons. The number of hydrogen-bond acceptors (Lipinski definition) is 1. The summed E-state index contributed by atoms with van der Waals surface area (Å²) in [6.07, 6.45) is 3.77. The maximum atomic E-state index is 12.6. The first kappa shape index (κ1) is 5.42. The van der Waals surface area contributed by atoms with Crippen molar-refractivity contribution < 1.29 is 9.50 Å². The summed E-state index contributed by atoms with van der Waals surface area (Å²) < 4.78 is 12.6. The minimum absolute atomic E-state index is 0.293. The van der Waals surface area contributed by atoms with Gasteiger partial charge in [-0.15, -0.1) is 0 Å². The Labute approximate surface area is 53.2 Å². The van der Waals surface area contributed by atoms with Gasteiger partial charge in [0.1, 0.15) is 11.4 Å². The summed E-state index contributed by atoms with van der Waals surface area (Å²) in [4.78, 5) is 0. The summed E-state index contributed by atoms with van der Waals surface area (Å²) in [5.41, 5.74) is -1.04. The highest BCUT2D eigenvalue weighted by Gasteiger charge is 2.45. The van der Waals surface area contributed by atoms with Gasteiger partial charge in [-0.1, -0.05) is 0 Å². The van der Waals surface area contributed by atoms with Gasteiger partial charge >= 0.3 is 0 Å². The van der Waals surface area contributed by atoms with E-state index in [0.29, 0.717) is 18.8 Å². The fourth-order valence-electron chi connectivity index (χ4n) is 1.78. The van der Waals surface area contributed by atoms with Crippen molar-refractivity contribution in [1.29, 1.82) is 0 Å². The van der Waals surface area contributed by atoms with Crippen LogP contribution < -0.4 is 0 Å². The molecule has 2 atom stereocenters. The van der Waals surface area contributed by atoms with E-state index in [1.54, 1.807) is 6.08 Å². The first-order chi connectivity index (χ1) is 4.21. The lowest BCUT2D eigenvalue weighted by Crippen LogP contribution is -2.22. The predicted octanol–water partition coefficient (Wildman–Crippen LogP) is 1.38. The van der Waals surface area contributed by atoms with Gasteiger partial charge in [-0.25, -0.2) is 4.39 Å². The van der Waals surface area contributed by atoms with Gasteiger partial charge < -0.3 is 5.11 Å². The summed E-state index contributed by atoms with van der Waals surface area (Å²) >= 11 is 0. The van der Waals surface area contributed by atoms with Crippen LogP contribution in [0.15, 0.2) is 11.9 Å². The maximum Gasteiger partial charge on any atom is 0.128 e. The Kier molecular flexibility index (Phi) is 0.826. The van der Waals surface area contributed by atoms with Crippen molar-refractivity contribution in [3.8, 4) is 0 Å². The second-order valence-electron chi connectivity index (χ2n) is 3.05. The van der Waals surface area contributed by atoms with Gasteiger partial charge in [0.15, 0.2) is 0 Å². The Balaban J connectivity index is 2.37. The molecule has 2 rings (SSSR count). The van der Waals surface area contributed by atoms with E-state index in [-0.39, 0.29) is 5.83 Å². The summed E-state index contributed by atoms with van der Waals surface area (Å²) in [5, 5.41) is 9.37. The number of aliphatic hydroxyl groups is 1. The first-order valence-electron chi connectivity index (χ1n) is 3.31. The van der Waals surface area contributed by atoms with Gasteiger partial charge in [0.25, 0.3) is 0 Å². The molecule has 1 N–H and O–H groups in total. The van der Waals surface area contributed by atoms with Crippen LogP contribution >= 0.6 is 0 Å². The van der Waals surface area contributed by atoms with Crippen molar-refractivity contribution in [2.75, 3.05) is 0 Å². The number of fused-ring (bicyclic) bond motifs is 2. The van der Waals surface area contributed by atoms with E-state index in [0.717, 1.165) is 6.42 Å². The molecule has 9 heavy (non-hydrogen) atoms. The predicted molar refractivity (Wildman–Crippen MR) is 31.5 cm³/mol. The Hall–Kier alpha value is -0.370. The van der Waals surface area contributed by atoms with Crippen LogP contribution in [0.3, 0.4) is 0 Å². The highest BCUT2D eigenvalue weighted by Crippen LogP contribution is 2.47. The second-order valence-corrected chi connectivity index (χ2v) is 3.05. The third-order valence-electron chi connectivity index (χ3n) is 2.36. The number of allylic oxidation sites excluding steroid dienone is 1. The molecule has 0 radical (unpaired) electrons. The fourth-order valence-corrected chi connectivity index (χ4v) is 1.78. The van der Waals surface area contributed by atoms with Crippen LogP contribution in [0.4, 0.5) is 4.39 Å². The van der Waals surface area contributed by atoms with Gasteiger partial charge in [-0.2, -0.15) is 0 Å². The smallest absolute Gasteiger partial charge is 0.128 e. The zero-order chi connectivity index (χ0) is 6.48. The van der Waals surface area contributed by atoms with E-state index in [4.69, 9.17) is 0 Å². The fraction of sp³-hybridized carbons (Fsp3) is 0.714. The molecule has 2 aliphatic carbocycles. The van der Waals surface area contributed by atoms with Crippen molar-refractivity contribution in [2.45, 2.75) is 24.9 Å². The zero-order valence-corrected chi connectivity index (χ0v) is 5.10. The second kappa shape index (κ2) is 1.37. The number of rotatable bonds is 0. The van der Waals surface area contributed by atoms with Crippen molar-refractivity contribution in [3.63, 3.8) is 0 Å². The first-order valence-corrected chi connectivity index (χ1v) is 3.31. The van der Waals surface area contributed by atoms with Gasteiger partial charge in [0, 0.05) is 0 Å². The molecular weight excluding hydrogens is 119 g/mol. The molecule has 0 saturated heterocycles. The summed E-state index contributed by atoms with van der Waals surface area (Å²) in [6.45, 7) is 0. The van der Waals surface area contributed by atoms with Gasteiger partial charge in [-0.3, -0.25) is 0 Å². The van der Waals surface area contributed by atoms with E-state index < -0.39 is 5.60 Å². The Morgan fingerprint density at radius 3 is 2.78 bits per heavy atom. The molecule has 1 fully saturated rings.